The van der Waals surface area contributed by atoms with Crippen LogP contribution in [-0.4, -0.2) is 26.7 Å². The first-order valence-corrected chi connectivity index (χ1v) is 5.82. The van der Waals surface area contributed by atoms with Crippen LogP contribution in [0.15, 0.2) is 30.9 Å². The van der Waals surface area contributed by atoms with Gasteiger partial charge in [-0.15, -0.1) is 18.2 Å². The molecule has 0 saturated heterocycles. The van der Waals surface area contributed by atoms with Crippen molar-refractivity contribution in [2.75, 3.05) is 20.8 Å². The molecule has 1 amide bonds. The lowest BCUT2D eigenvalue weighted by atomic mass is 10.1. The average Bonchev–Trinajstić information content (AvgIpc) is 2.42. The van der Waals surface area contributed by atoms with Gasteiger partial charge in [0.2, 0.25) is 5.91 Å². The van der Waals surface area contributed by atoms with E-state index in [1.54, 1.807) is 31.4 Å². The molecule has 0 aromatic heterocycles. The first kappa shape index (κ1) is 14.4. The summed E-state index contributed by atoms with van der Waals surface area (Å²) in [6, 6.07) is 5.13. The number of nitrogens with one attached hydrogen (secondary N) is 1. The van der Waals surface area contributed by atoms with Crippen molar-refractivity contribution in [2.45, 2.75) is 5.38 Å². The molecule has 4 nitrogen and oxygen atoms in total. The lowest BCUT2D eigenvalue weighted by Gasteiger charge is -2.13. The molecular formula is C13H16ClNO3. The third-order valence-electron chi connectivity index (χ3n) is 2.35. The fraction of sp³-hybridized carbons (Fsp3) is 0.308. The zero-order chi connectivity index (χ0) is 13.5. The molecule has 0 saturated carbocycles. The number of ether oxygens (including phenoxy) is 2. The number of alkyl halides is 1. The largest absolute Gasteiger partial charge is 0.493 e. The number of carbonyl (C=O) groups excluding carboxylic acids is 1. The van der Waals surface area contributed by atoms with Crippen molar-refractivity contribution in [3.8, 4) is 11.5 Å². The van der Waals surface area contributed by atoms with E-state index in [-0.39, 0.29) is 5.91 Å². The van der Waals surface area contributed by atoms with Crippen LogP contribution in [0.25, 0.3) is 0 Å². The van der Waals surface area contributed by atoms with Gasteiger partial charge in [0.05, 0.1) is 14.2 Å². The number of carbonyl (C=O) groups is 1. The van der Waals surface area contributed by atoms with Gasteiger partial charge in [-0.05, 0) is 17.7 Å². The molecule has 0 bridgehead atoms. The van der Waals surface area contributed by atoms with E-state index >= 15 is 0 Å². The average molecular weight is 270 g/mol. The third kappa shape index (κ3) is 3.40. The van der Waals surface area contributed by atoms with Crippen molar-refractivity contribution < 1.29 is 14.3 Å². The summed E-state index contributed by atoms with van der Waals surface area (Å²) in [5, 5.41) is 1.86. The molecule has 0 radical (unpaired) electrons. The highest BCUT2D eigenvalue weighted by atomic mass is 35.5. The van der Waals surface area contributed by atoms with Crippen LogP contribution in [0.4, 0.5) is 0 Å². The lowest BCUT2D eigenvalue weighted by Crippen LogP contribution is -2.26. The van der Waals surface area contributed by atoms with Gasteiger partial charge in [-0.25, -0.2) is 0 Å². The van der Waals surface area contributed by atoms with Gasteiger partial charge in [-0.2, -0.15) is 0 Å². The van der Waals surface area contributed by atoms with Gasteiger partial charge < -0.3 is 14.8 Å². The standard InChI is InChI=1S/C13H16ClNO3/c1-4-7-15-13(16)12(14)9-5-6-10(17-2)11(8-9)18-3/h4-6,8,12H,1,7H2,2-3H3,(H,15,16). The minimum Gasteiger partial charge on any atom is -0.493 e. The Morgan fingerprint density at radius 1 is 1.44 bits per heavy atom. The zero-order valence-corrected chi connectivity index (χ0v) is 11.2. The smallest absolute Gasteiger partial charge is 0.242 e. The van der Waals surface area contributed by atoms with Crippen molar-refractivity contribution in [2.24, 2.45) is 0 Å². The number of methoxy groups -OCH3 is 2. The summed E-state index contributed by atoms with van der Waals surface area (Å²) in [4.78, 5) is 11.7. The number of hydrogen-bond donors (Lipinski definition) is 1. The highest BCUT2D eigenvalue weighted by Crippen LogP contribution is 2.32. The summed E-state index contributed by atoms with van der Waals surface area (Å²) < 4.78 is 10.3. The summed E-state index contributed by atoms with van der Waals surface area (Å²) >= 11 is 6.07. The quantitative estimate of drug-likeness (QED) is 0.637. The van der Waals surface area contributed by atoms with Crippen LogP contribution in [0.3, 0.4) is 0 Å². The SMILES string of the molecule is C=CCNC(=O)C(Cl)c1ccc(OC)c(OC)c1. The van der Waals surface area contributed by atoms with Crippen LogP contribution in [-0.2, 0) is 4.79 Å². The number of amides is 1. The van der Waals surface area contributed by atoms with Crippen molar-refractivity contribution >= 4 is 17.5 Å². The number of hydrogen-bond acceptors (Lipinski definition) is 3. The van der Waals surface area contributed by atoms with Gasteiger partial charge in [0.25, 0.3) is 0 Å². The highest BCUT2D eigenvalue weighted by Gasteiger charge is 2.18. The fourth-order valence-electron chi connectivity index (χ4n) is 1.42. The first-order chi connectivity index (χ1) is 8.63. The Balaban J connectivity index is 2.88. The van der Waals surface area contributed by atoms with E-state index in [4.69, 9.17) is 21.1 Å². The number of rotatable bonds is 6. The molecule has 0 aliphatic rings. The normalized spacial score (nSPS) is 11.5. The molecule has 0 fully saturated rings. The molecule has 98 valence electrons. The lowest BCUT2D eigenvalue weighted by molar-refractivity contribution is -0.120. The van der Waals surface area contributed by atoms with Crippen molar-refractivity contribution in [1.29, 1.82) is 0 Å². The van der Waals surface area contributed by atoms with Crippen LogP contribution in [0.1, 0.15) is 10.9 Å². The van der Waals surface area contributed by atoms with E-state index in [9.17, 15) is 4.79 Å². The van der Waals surface area contributed by atoms with E-state index in [1.807, 2.05) is 0 Å². The van der Waals surface area contributed by atoms with Crippen LogP contribution < -0.4 is 14.8 Å². The van der Waals surface area contributed by atoms with Crippen LogP contribution in [0, 0.1) is 0 Å². The van der Waals surface area contributed by atoms with Gasteiger partial charge >= 0.3 is 0 Å². The van der Waals surface area contributed by atoms with Crippen molar-refractivity contribution in [1.82, 2.24) is 5.32 Å². The Labute approximate surface area is 112 Å². The molecule has 1 atom stereocenters. The minimum absolute atomic E-state index is 0.274. The van der Waals surface area contributed by atoms with Crippen molar-refractivity contribution in [3.63, 3.8) is 0 Å². The van der Waals surface area contributed by atoms with Gasteiger partial charge in [0.15, 0.2) is 11.5 Å². The Hall–Kier alpha value is -1.68. The fourth-order valence-corrected chi connectivity index (χ4v) is 1.64. The van der Waals surface area contributed by atoms with Crippen LogP contribution in [0.2, 0.25) is 0 Å². The Bertz CT molecular complexity index is 434. The maximum absolute atomic E-state index is 11.7. The molecule has 18 heavy (non-hydrogen) atoms. The Morgan fingerprint density at radius 2 is 2.11 bits per heavy atom. The number of halogens is 1. The summed E-state index contributed by atoms with van der Waals surface area (Å²) in [7, 11) is 3.08. The minimum atomic E-state index is -0.773. The molecule has 1 rings (SSSR count). The molecule has 0 aliphatic carbocycles. The summed E-state index contributed by atoms with van der Waals surface area (Å²) in [6.45, 7) is 3.90. The summed E-state index contributed by atoms with van der Waals surface area (Å²) in [6.07, 6.45) is 1.59. The third-order valence-corrected chi connectivity index (χ3v) is 2.80. The highest BCUT2D eigenvalue weighted by molar-refractivity contribution is 6.30. The zero-order valence-electron chi connectivity index (χ0n) is 10.4. The maximum atomic E-state index is 11.7. The second kappa shape index (κ2) is 6.91. The molecule has 0 spiro atoms. The van der Waals surface area contributed by atoms with Gasteiger partial charge in [-0.3, -0.25) is 4.79 Å². The molecule has 5 heteroatoms. The molecule has 1 aromatic carbocycles. The second-order valence-electron chi connectivity index (χ2n) is 3.51. The predicted octanol–water partition coefficient (Wildman–Crippen LogP) is 2.29. The van der Waals surface area contributed by atoms with E-state index in [0.29, 0.717) is 23.6 Å². The van der Waals surface area contributed by atoms with Gasteiger partial charge in [0, 0.05) is 6.54 Å². The van der Waals surface area contributed by atoms with Gasteiger partial charge in [0.1, 0.15) is 5.38 Å². The van der Waals surface area contributed by atoms with E-state index in [1.165, 1.54) is 7.11 Å². The topological polar surface area (TPSA) is 47.6 Å². The number of benzene rings is 1. The molecule has 1 aromatic rings. The first-order valence-electron chi connectivity index (χ1n) is 5.38. The summed E-state index contributed by atoms with van der Waals surface area (Å²) in [5.41, 5.74) is 0.649. The predicted molar refractivity (Wildman–Crippen MR) is 71.3 cm³/mol. The molecule has 0 heterocycles. The Kier molecular flexibility index (Phi) is 5.52. The maximum Gasteiger partial charge on any atom is 0.242 e. The van der Waals surface area contributed by atoms with E-state index < -0.39 is 5.38 Å². The molecular weight excluding hydrogens is 254 g/mol. The van der Waals surface area contributed by atoms with Crippen LogP contribution >= 0.6 is 11.6 Å². The molecule has 0 aliphatic heterocycles. The van der Waals surface area contributed by atoms with E-state index in [0.717, 1.165) is 0 Å². The van der Waals surface area contributed by atoms with E-state index in [2.05, 4.69) is 11.9 Å². The van der Waals surface area contributed by atoms with Crippen molar-refractivity contribution in [3.05, 3.63) is 36.4 Å². The molecule has 1 N–H and O–H groups in total. The monoisotopic (exact) mass is 269 g/mol. The van der Waals surface area contributed by atoms with Gasteiger partial charge in [-0.1, -0.05) is 12.1 Å². The second-order valence-corrected chi connectivity index (χ2v) is 3.95. The summed E-state index contributed by atoms with van der Waals surface area (Å²) in [5.74, 6) is 0.859. The van der Waals surface area contributed by atoms with Crippen LogP contribution in [0.5, 0.6) is 11.5 Å². The molecule has 1 unspecified atom stereocenters. The Morgan fingerprint density at radius 3 is 2.67 bits per heavy atom.